The van der Waals surface area contributed by atoms with Gasteiger partial charge < -0.3 is 9.88 Å². The standard InChI is InChI=1S/C22H23N3O/c1-16-5-2-3-8-19(16)20-12-21(20)22(26)24-13-17-6-4-7-18(11-17)14-25-10-9-23-15-25/h2-11,15,20-21H,12-14H2,1H3,(H,24,26)/t20-,21-/m0/s1. The van der Waals surface area contributed by atoms with Crippen LogP contribution in [0, 0.1) is 12.8 Å². The van der Waals surface area contributed by atoms with Gasteiger partial charge in [0.15, 0.2) is 0 Å². The zero-order valence-electron chi connectivity index (χ0n) is 14.9. The van der Waals surface area contributed by atoms with Gasteiger partial charge in [0, 0.05) is 31.4 Å². The summed E-state index contributed by atoms with van der Waals surface area (Å²) in [5.74, 6) is 0.660. The monoisotopic (exact) mass is 345 g/mol. The second kappa shape index (κ2) is 7.16. The van der Waals surface area contributed by atoms with Gasteiger partial charge in [0.2, 0.25) is 5.91 Å². The molecule has 0 aliphatic heterocycles. The first kappa shape index (κ1) is 16.6. The van der Waals surface area contributed by atoms with E-state index in [9.17, 15) is 4.79 Å². The number of aromatic nitrogens is 2. The molecule has 26 heavy (non-hydrogen) atoms. The molecule has 1 N–H and O–H groups in total. The van der Waals surface area contributed by atoms with Gasteiger partial charge in [-0.2, -0.15) is 0 Å². The number of aryl methyl sites for hydroxylation is 1. The molecule has 3 aromatic rings. The number of carbonyl (C=O) groups excluding carboxylic acids is 1. The van der Waals surface area contributed by atoms with Gasteiger partial charge in [-0.05, 0) is 41.5 Å². The van der Waals surface area contributed by atoms with Gasteiger partial charge >= 0.3 is 0 Å². The zero-order valence-corrected chi connectivity index (χ0v) is 14.9. The van der Waals surface area contributed by atoms with Crippen LogP contribution in [-0.4, -0.2) is 15.5 Å². The highest BCUT2D eigenvalue weighted by Gasteiger charge is 2.44. The number of carbonyl (C=O) groups is 1. The molecule has 0 bridgehead atoms. The van der Waals surface area contributed by atoms with Crippen LogP contribution in [0.3, 0.4) is 0 Å². The molecule has 1 amide bonds. The average Bonchev–Trinajstić information content (AvgIpc) is 3.28. The molecular weight excluding hydrogens is 322 g/mol. The fourth-order valence-corrected chi connectivity index (χ4v) is 3.58. The molecule has 2 atom stereocenters. The van der Waals surface area contributed by atoms with Crippen molar-refractivity contribution in [3.63, 3.8) is 0 Å². The fraction of sp³-hybridized carbons (Fsp3) is 0.273. The molecule has 1 aliphatic rings. The van der Waals surface area contributed by atoms with E-state index in [2.05, 4.69) is 53.6 Å². The van der Waals surface area contributed by atoms with Gasteiger partial charge in [0.1, 0.15) is 0 Å². The third-order valence-corrected chi connectivity index (χ3v) is 5.10. The number of hydrogen-bond acceptors (Lipinski definition) is 2. The summed E-state index contributed by atoms with van der Waals surface area (Å²) in [6.45, 7) is 3.49. The number of imidazole rings is 1. The predicted molar refractivity (Wildman–Crippen MR) is 102 cm³/mol. The molecule has 0 spiro atoms. The van der Waals surface area contributed by atoms with Crippen molar-refractivity contribution in [3.05, 3.63) is 89.5 Å². The van der Waals surface area contributed by atoms with Crippen LogP contribution >= 0.6 is 0 Å². The van der Waals surface area contributed by atoms with E-state index >= 15 is 0 Å². The molecule has 0 unspecified atom stereocenters. The SMILES string of the molecule is Cc1ccccc1[C@@H]1C[C@@H]1C(=O)NCc1cccc(Cn2ccnc2)c1. The highest BCUT2D eigenvalue weighted by molar-refractivity contribution is 5.83. The van der Waals surface area contributed by atoms with Gasteiger partial charge in [-0.25, -0.2) is 4.98 Å². The van der Waals surface area contributed by atoms with Gasteiger partial charge in [-0.1, -0.05) is 48.5 Å². The number of hydrogen-bond donors (Lipinski definition) is 1. The Hall–Kier alpha value is -2.88. The van der Waals surface area contributed by atoms with Crippen LogP contribution in [0.4, 0.5) is 0 Å². The smallest absolute Gasteiger partial charge is 0.224 e. The minimum Gasteiger partial charge on any atom is -0.352 e. The summed E-state index contributed by atoms with van der Waals surface area (Å²) in [5, 5.41) is 3.11. The van der Waals surface area contributed by atoms with Crippen LogP contribution in [0.25, 0.3) is 0 Å². The van der Waals surface area contributed by atoms with Crippen LogP contribution in [-0.2, 0) is 17.9 Å². The minimum atomic E-state index is 0.116. The molecule has 1 aliphatic carbocycles. The van der Waals surface area contributed by atoms with Crippen LogP contribution < -0.4 is 5.32 Å². The molecule has 1 aromatic heterocycles. The molecule has 2 aromatic carbocycles. The van der Waals surface area contributed by atoms with E-state index in [1.165, 1.54) is 16.7 Å². The summed E-state index contributed by atoms with van der Waals surface area (Å²) in [4.78, 5) is 16.6. The Morgan fingerprint density at radius 3 is 2.85 bits per heavy atom. The first-order valence-electron chi connectivity index (χ1n) is 9.07. The minimum absolute atomic E-state index is 0.116. The van der Waals surface area contributed by atoms with Crippen molar-refractivity contribution in [2.75, 3.05) is 0 Å². The molecule has 1 saturated carbocycles. The van der Waals surface area contributed by atoms with Crippen LogP contribution in [0.2, 0.25) is 0 Å². The normalized spacial score (nSPS) is 18.5. The molecular formula is C22H23N3O. The van der Waals surface area contributed by atoms with E-state index in [1.807, 2.05) is 29.2 Å². The maximum absolute atomic E-state index is 12.5. The van der Waals surface area contributed by atoms with Crippen LogP contribution in [0.5, 0.6) is 0 Å². The Kier molecular flexibility index (Phi) is 4.57. The predicted octanol–water partition coefficient (Wildman–Crippen LogP) is 3.66. The summed E-state index contributed by atoms with van der Waals surface area (Å²) in [6.07, 6.45) is 6.50. The Balaban J connectivity index is 1.33. The van der Waals surface area contributed by atoms with E-state index in [-0.39, 0.29) is 11.8 Å². The van der Waals surface area contributed by atoms with Crippen molar-refractivity contribution in [2.45, 2.75) is 32.4 Å². The van der Waals surface area contributed by atoms with E-state index in [4.69, 9.17) is 0 Å². The lowest BCUT2D eigenvalue weighted by Gasteiger charge is -2.09. The van der Waals surface area contributed by atoms with Gasteiger partial charge in [0.05, 0.1) is 6.33 Å². The van der Waals surface area contributed by atoms with Crippen molar-refractivity contribution in [1.29, 1.82) is 0 Å². The largest absolute Gasteiger partial charge is 0.352 e. The van der Waals surface area contributed by atoms with Gasteiger partial charge in [-0.15, -0.1) is 0 Å². The Morgan fingerprint density at radius 1 is 1.19 bits per heavy atom. The average molecular weight is 345 g/mol. The summed E-state index contributed by atoms with van der Waals surface area (Å²) in [7, 11) is 0. The van der Waals surface area contributed by atoms with E-state index in [1.54, 1.807) is 6.20 Å². The van der Waals surface area contributed by atoms with E-state index in [0.717, 1.165) is 18.5 Å². The molecule has 0 radical (unpaired) electrons. The van der Waals surface area contributed by atoms with Crippen molar-refractivity contribution in [1.82, 2.24) is 14.9 Å². The highest BCUT2D eigenvalue weighted by atomic mass is 16.2. The molecule has 4 nitrogen and oxygen atoms in total. The van der Waals surface area contributed by atoms with Crippen LogP contribution in [0.1, 0.15) is 34.6 Å². The first-order chi connectivity index (χ1) is 12.7. The number of nitrogens with one attached hydrogen (secondary N) is 1. The van der Waals surface area contributed by atoms with E-state index in [0.29, 0.717) is 12.5 Å². The lowest BCUT2D eigenvalue weighted by Crippen LogP contribution is -2.25. The molecule has 0 saturated heterocycles. The maximum Gasteiger partial charge on any atom is 0.224 e. The topological polar surface area (TPSA) is 46.9 Å². The Morgan fingerprint density at radius 2 is 2.04 bits per heavy atom. The quantitative estimate of drug-likeness (QED) is 0.741. The Bertz CT molecular complexity index is 901. The number of amides is 1. The van der Waals surface area contributed by atoms with Gasteiger partial charge in [0.25, 0.3) is 0 Å². The molecule has 4 heteroatoms. The summed E-state index contributed by atoms with van der Waals surface area (Å²) < 4.78 is 2.04. The zero-order chi connectivity index (χ0) is 17.9. The van der Waals surface area contributed by atoms with E-state index < -0.39 is 0 Å². The molecule has 132 valence electrons. The number of benzene rings is 2. The van der Waals surface area contributed by atoms with Crippen molar-refractivity contribution >= 4 is 5.91 Å². The fourth-order valence-electron chi connectivity index (χ4n) is 3.58. The Labute approximate surface area is 153 Å². The summed E-state index contributed by atoms with van der Waals surface area (Å²) in [5.41, 5.74) is 4.93. The maximum atomic E-state index is 12.5. The van der Waals surface area contributed by atoms with Crippen molar-refractivity contribution in [2.24, 2.45) is 5.92 Å². The van der Waals surface area contributed by atoms with Crippen molar-refractivity contribution in [3.8, 4) is 0 Å². The third kappa shape index (κ3) is 3.69. The molecule has 4 rings (SSSR count). The summed E-state index contributed by atoms with van der Waals surface area (Å²) >= 11 is 0. The highest BCUT2D eigenvalue weighted by Crippen LogP contribution is 2.48. The lowest BCUT2D eigenvalue weighted by atomic mass is 10.0. The molecule has 1 fully saturated rings. The second-order valence-electron chi connectivity index (χ2n) is 7.08. The second-order valence-corrected chi connectivity index (χ2v) is 7.08. The van der Waals surface area contributed by atoms with Gasteiger partial charge in [-0.3, -0.25) is 4.79 Å². The third-order valence-electron chi connectivity index (χ3n) is 5.10. The first-order valence-corrected chi connectivity index (χ1v) is 9.07. The van der Waals surface area contributed by atoms with Crippen LogP contribution in [0.15, 0.2) is 67.3 Å². The number of rotatable bonds is 6. The lowest BCUT2D eigenvalue weighted by molar-refractivity contribution is -0.122. The summed E-state index contributed by atoms with van der Waals surface area (Å²) in [6, 6.07) is 16.7. The van der Waals surface area contributed by atoms with Crippen molar-refractivity contribution < 1.29 is 4.79 Å². The number of nitrogens with zero attached hydrogens (tertiary/aromatic N) is 2. The molecule has 1 heterocycles.